The zero-order chi connectivity index (χ0) is 22.7. The monoisotopic (exact) mass is 447 g/mol. The maximum atomic E-state index is 13.1. The average Bonchev–Trinajstić information content (AvgIpc) is 3.19. The minimum absolute atomic E-state index is 0.0360. The molecule has 1 amide bonds. The molecule has 2 aromatic carbocycles. The molecule has 0 aliphatic carbocycles. The first-order valence-electron chi connectivity index (χ1n) is 11.5. The molecule has 3 aromatic rings. The number of carbonyl (C=O) groups is 1. The number of nitrogens with one attached hydrogen (secondary N) is 3. The number of benzene rings is 2. The summed E-state index contributed by atoms with van der Waals surface area (Å²) in [5.41, 5.74) is 5.03. The number of carbonyl (C=O) groups excluding carboxylic acids is 1. The van der Waals surface area contributed by atoms with Crippen LogP contribution in [-0.2, 0) is 6.42 Å². The van der Waals surface area contributed by atoms with E-state index in [4.69, 9.17) is 0 Å². The van der Waals surface area contributed by atoms with Crippen LogP contribution < -0.4 is 16.0 Å². The Labute approximate surface area is 195 Å². The van der Waals surface area contributed by atoms with Crippen LogP contribution in [0.1, 0.15) is 53.2 Å². The van der Waals surface area contributed by atoms with E-state index in [-0.39, 0.29) is 11.9 Å². The highest BCUT2D eigenvalue weighted by Crippen LogP contribution is 2.31. The summed E-state index contributed by atoms with van der Waals surface area (Å²) in [6, 6.07) is 19.4. The third-order valence-corrected chi connectivity index (χ3v) is 7.08. The fourth-order valence-corrected chi connectivity index (χ4v) is 5.16. The number of hydrogen-bond donors (Lipinski definition) is 3. The van der Waals surface area contributed by atoms with Gasteiger partial charge in [-0.15, -0.1) is 11.3 Å². The Kier molecular flexibility index (Phi) is 6.97. The van der Waals surface area contributed by atoms with Gasteiger partial charge in [0, 0.05) is 34.1 Å². The van der Waals surface area contributed by atoms with Crippen molar-refractivity contribution in [1.29, 1.82) is 0 Å². The zero-order valence-corrected chi connectivity index (χ0v) is 20.2. The fourth-order valence-electron chi connectivity index (χ4n) is 3.95. The highest BCUT2D eigenvalue weighted by molar-refractivity contribution is 7.15. The van der Waals surface area contributed by atoms with Crippen LogP contribution in [0.4, 0.5) is 5.69 Å². The molecule has 1 aliphatic heterocycles. The first-order valence-corrected chi connectivity index (χ1v) is 12.3. The third kappa shape index (κ3) is 5.40. The van der Waals surface area contributed by atoms with Crippen molar-refractivity contribution in [3.8, 4) is 10.4 Å². The van der Waals surface area contributed by atoms with E-state index in [2.05, 4.69) is 66.2 Å². The number of hydrogen-bond acceptors (Lipinski definition) is 4. The molecule has 0 spiro atoms. The molecule has 1 unspecified atom stereocenters. The molecule has 168 valence electrons. The number of aryl methyl sites for hydroxylation is 1. The van der Waals surface area contributed by atoms with E-state index >= 15 is 0 Å². The summed E-state index contributed by atoms with van der Waals surface area (Å²) in [5.74, 6) is 0.622. The van der Waals surface area contributed by atoms with E-state index in [1.807, 2.05) is 43.4 Å². The van der Waals surface area contributed by atoms with E-state index in [1.54, 1.807) is 0 Å². The summed E-state index contributed by atoms with van der Waals surface area (Å²) >= 11 is 1.86. The lowest BCUT2D eigenvalue weighted by molar-refractivity contribution is 0.0939. The minimum atomic E-state index is -0.0793. The maximum Gasteiger partial charge on any atom is 0.252 e. The van der Waals surface area contributed by atoms with Crippen LogP contribution in [0.5, 0.6) is 0 Å². The van der Waals surface area contributed by atoms with Crippen LogP contribution >= 0.6 is 11.3 Å². The standard InChI is InChI=1S/C27H33N3OS/c1-17(2)12-24-10-11-26(32-24)21-7-5-6-20(13-21)19(4)29-27(31)25-14-22(9-8-18(25)3)30-23-15-28-16-23/h5-11,13-14,17,19,23,28,30H,12,15-16H2,1-4H3,(H,29,31). The Balaban J connectivity index is 1.46. The quantitative estimate of drug-likeness (QED) is 0.409. The van der Waals surface area contributed by atoms with Crippen molar-refractivity contribution >= 4 is 22.9 Å². The molecule has 1 fully saturated rings. The lowest BCUT2D eigenvalue weighted by atomic mass is 10.0. The summed E-state index contributed by atoms with van der Waals surface area (Å²) in [6.07, 6.45) is 1.11. The van der Waals surface area contributed by atoms with Gasteiger partial charge in [0.15, 0.2) is 0 Å². The van der Waals surface area contributed by atoms with Crippen LogP contribution in [0, 0.1) is 12.8 Å². The van der Waals surface area contributed by atoms with Gasteiger partial charge in [-0.25, -0.2) is 0 Å². The van der Waals surface area contributed by atoms with E-state index in [9.17, 15) is 4.79 Å². The van der Waals surface area contributed by atoms with Crippen molar-refractivity contribution in [1.82, 2.24) is 10.6 Å². The molecule has 32 heavy (non-hydrogen) atoms. The van der Waals surface area contributed by atoms with Crippen molar-refractivity contribution in [2.75, 3.05) is 18.4 Å². The van der Waals surface area contributed by atoms with Gasteiger partial charge >= 0.3 is 0 Å². The third-order valence-electron chi connectivity index (χ3n) is 5.92. The molecule has 1 aliphatic rings. The van der Waals surface area contributed by atoms with E-state index in [1.165, 1.54) is 15.3 Å². The second-order valence-corrected chi connectivity index (χ2v) is 10.4. The summed E-state index contributed by atoms with van der Waals surface area (Å²) in [6.45, 7) is 10.5. The van der Waals surface area contributed by atoms with Crippen LogP contribution in [0.25, 0.3) is 10.4 Å². The summed E-state index contributed by atoms with van der Waals surface area (Å²) < 4.78 is 0. The summed E-state index contributed by atoms with van der Waals surface area (Å²) in [7, 11) is 0. The van der Waals surface area contributed by atoms with Gasteiger partial charge in [0.05, 0.1) is 12.1 Å². The Morgan fingerprint density at radius 2 is 1.91 bits per heavy atom. The van der Waals surface area contributed by atoms with Crippen molar-refractivity contribution in [2.45, 2.75) is 46.2 Å². The first kappa shape index (κ1) is 22.6. The lowest BCUT2D eigenvalue weighted by Crippen LogP contribution is -2.51. The fraction of sp³-hybridized carbons (Fsp3) is 0.370. The second kappa shape index (κ2) is 9.88. The highest BCUT2D eigenvalue weighted by Gasteiger charge is 2.18. The maximum absolute atomic E-state index is 13.1. The smallest absolute Gasteiger partial charge is 0.252 e. The van der Waals surface area contributed by atoms with Crippen molar-refractivity contribution in [2.24, 2.45) is 5.92 Å². The Hall–Kier alpha value is -2.63. The Morgan fingerprint density at radius 3 is 2.62 bits per heavy atom. The van der Waals surface area contributed by atoms with Gasteiger partial charge < -0.3 is 16.0 Å². The molecule has 3 N–H and O–H groups in total. The molecule has 1 saturated heterocycles. The van der Waals surface area contributed by atoms with Crippen molar-refractivity contribution in [3.63, 3.8) is 0 Å². The van der Waals surface area contributed by atoms with Crippen LogP contribution in [0.2, 0.25) is 0 Å². The molecule has 5 heteroatoms. The number of anilines is 1. The first-order chi connectivity index (χ1) is 15.4. The van der Waals surface area contributed by atoms with E-state index in [0.29, 0.717) is 12.0 Å². The minimum Gasteiger partial charge on any atom is -0.380 e. The lowest BCUT2D eigenvalue weighted by Gasteiger charge is -2.29. The molecule has 0 radical (unpaired) electrons. The summed E-state index contributed by atoms with van der Waals surface area (Å²) in [5, 5.41) is 9.94. The van der Waals surface area contributed by atoms with Crippen molar-refractivity contribution in [3.05, 3.63) is 76.2 Å². The Bertz CT molecular complexity index is 1080. The van der Waals surface area contributed by atoms with Crippen LogP contribution in [0.3, 0.4) is 0 Å². The van der Waals surface area contributed by atoms with Gasteiger partial charge in [0.25, 0.3) is 5.91 Å². The van der Waals surface area contributed by atoms with Gasteiger partial charge in [0.1, 0.15) is 0 Å². The zero-order valence-electron chi connectivity index (χ0n) is 19.4. The molecule has 0 saturated carbocycles. The molecular weight excluding hydrogens is 414 g/mol. The summed E-state index contributed by atoms with van der Waals surface area (Å²) in [4.78, 5) is 15.8. The molecule has 4 nitrogen and oxygen atoms in total. The van der Waals surface area contributed by atoms with Gasteiger partial charge in [-0.05, 0) is 73.2 Å². The topological polar surface area (TPSA) is 53.2 Å². The number of amides is 1. The SMILES string of the molecule is Cc1ccc(NC2CNC2)cc1C(=O)NC(C)c1cccc(-c2ccc(CC(C)C)s2)c1. The van der Waals surface area contributed by atoms with E-state index < -0.39 is 0 Å². The molecule has 2 heterocycles. The number of rotatable bonds is 8. The van der Waals surface area contributed by atoms with Gasteiger partial charge in [-0.2, -0.15) is 0 Å². The molecule has 0 bridgehead atoms. The van der Waals surface area contributed by atoms with E-state index in [0.717, 1.165) is 41.9 Å². The number of thiophene rings is 1. The average molecular weight is 448 g/mol. The van der Waals surface area contributed by atoms with Gasteiger partial charge in [-0.3, -0.25) is 4.79 Å². The van der Waals surface area contributed by atoms with Gasteiger partial charge in [0.2, 0.25) is 0 Å². The van der Waals surface area contributed by atoms with Crippen molar-refractivity contribution < 1.29 is 4.79 Å². The largest absolute Gasteiger partial charge is 0.380 e. The van der Waals surface area contributed by atoms with Gasteiger partial charge in [-0.1, -0.05) is 38.1 Å². The highest BCUT2D eigenvalue weighted by atomic mass is 32.1. The van der Waals surface area contributed by atoms with Crippen LogP contribution in [-0.4, -0.2) is 25.0 Å². The predicted octanol–water partition coefficient (Wildman–Crippen LogP) is 5.80. The normalized spacial score (nSPS) is 14.8. The molecule has 1 aromatic heterocycles. The molecule has 1 atom stereocenters. The van der Waals surface area contributed by atoms with Crippen LogP contribution in [0.15, 0.2) is 54.6 Å². The predicted molar refractivity (Wildman–Crippen MR) is 136 cm³/mol. The molecular formula is C27H33N3OS. The Morgan fingerprint density at radius 1 is 1.09 bits per heavy atom. The molecule has 4 rings (SSSR count). The second-order valence-electron chi connectivity index (χ2n) is 9.21.